The average molecular weight is 542 g/mol. The van der Waals surface area contributed by atoms with E-state index in [1.807, 2.05) is 29.4 Å². The molecule has 2 saturated heterocycles. The molecular weight excluding hydrogens is 509 g/mol. The Hall–Kier alpha value is -2.16. The number of benzene rings is 1. The van der Waals surface area contributed by atoms with E-state index in [9.17, 15) is 0 Å². The van der Waals surface area contributed by atoms with Gasteiger partial charge in [-0.2, -0.15) is 0 Å². The molecule has 1 aromatic carbocycles. The van der Waals surface area contributed by atoms with E-state index in [0.717, 1.165) is 85.4 Å². The van der Waals surface area contributed by atoms with Crippen LogP contribution >= 0.6 is 23.4 Å². The molecular formula is C28H33ClFN5OS. The minimum Gasteiger partial charge on any atom is -0.381 e. The summed E-state index contributed by atoms with van der Waals surface area (Å²) in [6, 6.07) is 3.89. The van der Waals surface area contributed by atoms with E-state index in [0.29, 0.717) is 29.0 Å². The van der Waals surface area contributed by atoms with Crippen LogP contribution in [0.5, 0.6) is 0 Å². The van der Waals surface area contributed by atoms with Gasteiger partial charge in [0.05, 0.1) is 42.6 Å². The van der Waals surface area contributed by atoms with Gasteiger partial charge in [0.2, 0.25) is 0 Å². The largest absolute Gasteiger partial charge is 0.381 e. The summed E-state index contributed by atoms with van der Waals surface area (Å²) in [6.45, 7) is 8.29. The van der Waals surface area contributed by atoms with E-state index in [-0.39, 0.29) is 6.54 Å². The summed E-state index contributed by atoms with van der Waals surface area (Å²) in [5.41, 5.74) is 1.37. The van der Waals surface area contributed by atoms with Crippen molar-refractivity contribution in [3.8, 4) is 0 Å². The highest BCUT2D eigenvalue weighted by Gasteiger charge is 2.38. The van der Waals surface area contributed by atoms with Crippen LogP contribution in [-0.4, -0.2) is 59.7 Å². The van der Waals surface area contributed by atoms with Gasteiger partial charge in [0.1, 0.15) is 16.5 Å². The number of alkyl halides is 1. The molecule has 3 aliphatic heterocycles. The van der Waals surface area contributed by atoms with Gasteiger partial charge in [-0.25, -0.2) is 19.4 Å². The van der Waals surface area contributed by atoms with Crippen LogP contribution in [0, 0.1) is 5.41 Å². The summed E-state index contributed by atoms with van der Waals surface area (Å²) in [4.78, 5) is 18.9. The number of nitrogens with zero attached hydrogens (tertiary/aromatic N) is 5. The minimum absolute atomic E-state index is 0.264. The Morgan fingerprint density at radius 1 is 1.05 bits per heavy atom. The van der Waals surface area contributed by atoms with Crippen molar-refractivity contribution in [1.82, 2.24) is 14.9 Å². The van der Waals surface area contributed by atoms with Crippen LogP contribution in [-0.2, 0) is 4.74 Å². The van der Waals surface area contributed by atoms with Gasteiger partial charge >= 0.3 is 0 Å². The highest BCUT2D eigenvalue weighted by Crippen LogP contribution is 2.45. The Labute approximate surface area is 227 Å². The molecule has 0 unspecified atom stereocenters. The van der Waals surface area contributed by atoms with Crippen LogP contribution in [0.4, 0.5) is 15.9 Å². The zero-order chi connectivity index (χ0) is 25.5. The van der Waals surface area contributed by atoms with Gasteiger partial charge in [0, 0.05) is 35.9 Å². The number of hydrogen-bond acceptors (Lipinski definition) is 7. The van der Waals surface area contributed by atoms with Crippen LogP contribution in [0.2, 0.25) is 5.02 Å². The highest BCUT2D eigenvalue weighted by molar-refractivity contribution is 7.99. The van der Waals surface area contributed by atoms with Crippen LogP contribution in [0.1, 0.15) is 56.9 Å². The molecule has 6 nitrogen and oxygen atoms in total. The molecule has 0 radical (unpaired) electrons. The summed E-state index contributed by atoms with van der Waals surface area (Å²) in [6.07, 6.45) is 13.0. The number of ether oxygens (including phenoxy) is 1. The third kappa shape index (κ3) is 5.12. The van der Waals surface area contributed by atoms with Crippen molar-refractivity contribution in [3.05, 3.63) is 41.7 Å². The normalized spacial score (nSPS) is 22.5. The van der Waals surface area contributed by atoms with Crippen LogP contribution in [0.3, 0.4) is 0 Å². The number of fused-ring (bicyclic) bond motifs is 1. The molecule has 3 fully saturated rings. The Morgan fingerprint density at radius 2 is 1.86 bits per heavy atom. The molecule has 37 heavy (non-hydrogen) atoms. The number of halogens is 2. The monoisotopic (exact) mass is 541 g/mol. The third-order valence-corrected chi connectivity index (χ3v) is 9.91. The molecule has 0 amide bonds. The number of aromatic nitrogens is 2. The molecule has 1 aromatic heterocycles. The summed E-state index contributed by atoms with van der Waals surface area (Å²) in [7, 11) is 0. The maximum Gasteiger partial charge on any atom is 0.147 e. The van der Waals surface area contributed by atoms with Crippen molar-refractivity contribution < 1.29 is 9.13 Å². The molecule has 4 aliphatic rings. The molecule has 0 atom stereocenters. The fourth-order valence-electron chi connectivity index (χ4n) is 6.03. The number of rotatable bonds is 5. The predicted octanol–water partition coefficient (Wildman–Crippen LogP) is 6.91. The molecule has 1 saturated carbocycles. The van der Waals surface area contributed by atoms with Crippen molar-refractivity contribution in [3.63, 3.8) is 0 Å². The predicted molar refractivity (Wildman–Crippen MR) is 148 cm³/mol. The van der Waals surface area contributed by atoms with E-state index in [1.165, 1.54) is 18.2 Å². The zero-order valence-corrected chi connectivity index (χ0v) is 22.7. The third-order valence-electron chi connectivity index (χ3n) is 8.42. The first kappa shape index (κ1) is 25.1. The average Bonchev–Trinajstić information content (AvgIpc) is 3.36. The fourth-order valence-corrected chi connectivity index (χ4v) is 7.18. The standard InChI is InChI=1S/C28H33ClFN5OS/c1-20-25-21(33-19-35(20)17-28(30)7-3-2-4-8-28)5-6-22(26(25)29)37-24-16-31-23(15-32-24)34-12-9-27(10-13-34)11-14-36-18-27/h5-6,15-16,19H,1-4,7-14,17-18H2. The number of piperidine rings is 1. The lowest BCUT2D eigenvalue weighted by Crippen LogP contribution is -2.40. The van der Waals surface area contributed by atoms with E-state index >= 15 is 4.39 Å². The smallest absolute Gasteiger partial charge is 0.147 e. The van der Waals surface area contributed by atoms with Crippen molar-refractivity contribution in [2.45, 2.75) is 67.0 Å². The van der Waals surface area contributed by atoms with E-state index in [4.69, 9.17) is 21.3 Å². The molecule has 1 aliphatic carbocycles. The Morgan fingerprint density at radius 3 is 2.57 bits per heavy atom. The second-order valence-corrected chi connectivity index (χ2v) is 12.3. The summed E-state index contributed by atoms with van der Waals surface area (Å²) in [5.74, 6) is 0.913. The quantitative estimate of drug-likeness (QED) is 0.410. The zero-order valence-electron chi connectivity index (χ0n) is 21.1. The molecule has 2 aromatic rings. The second kappa shape index (κ2) is 10.2. The lowest BCUT2D eigenvalue weighted by atomic mass is 9.78. The van der Waals surface area contributed by atoms with Gasteiger partial charge in [-0.15, -0.1) is 0 Å². The molecule has 9 heteroatoms. The first-order valence-corrected chi connectivity index (χ1v) is 14.5. The van der Waals surface area contributed by atoms with E-state index < -0.39 is 5.67 Å². The molecule has 4 heterocycles. The van der Waals surface area contributed by atoms with E-state index in [2.05, 4.69) is 21.5 Å². The fraction of sp³-hybridized carbons (Fsp3) is 0.536. The lowest BCUT2D eigenvalue weighted by Gasteiger charge is -2.38. The first-order valence-electron chi connectivity index (χ1n) is 13.3. The molecule has 1 spiro atoms. The van der Waals surface area contributed by atoms with Gasteiger partial charge in [0.15, 0.2) is 0 Å². The van der Waals surface area contributed by atoms with Crippen LogP contribution < -0.4 is 4.90 Å². The number of hydrogen-bond donors (Lipinski definition) is 0. The SMILES string of the molecule is C=C1c2c(ccc(Sc3cnc(N4CCC5(CCOC5)CC4)cn3)c2Cl)N=CN1CC1(F)CCCCC1. The topological polar surface area (TPSA) is 53.9 Å². The van der Waals surface area contributed by atoms with Crippen molar-refractivity contribution in [1.29, 1.82) is 0 Å². The van der Waals surface area contributed by atoms with Gasteiger partial charge < -0.3 is 14.5 Å². The van der Waals surface area contributed by atoms with Gasteiger partial charge in [-0.3, -0.25) is 0 Å². The summed E-state index contributed by atoms with van der Waals surface area (Å²) >= 11 is 8.35. The Balaban J connectivity index is 1.14. The highest BCUT2D eigenvalue weighted by atomic mass is 35.5. The number of anilines is 1. The molecule has 196 valence electrons. The minimum atomic E-state index is -1.21. The van der Waals surface area contributed by atoms with Crippen LogP contribution in [0.25, 0.3) is 5.70 Å². The summed E-state index contributed by atoms with van der Waals surface area (Å²) < 4.78 is 21.1. The maximum absolute atomic E-state index is 15.4. The van der Waals surface area contributed by atoms with Gasteiger partial charge in [-0.1, -0.05) is 49.2 Å². The maximum atomic E-state index is 15.4. The Bertz CT molecular complexity index is 1180. The van der Waals surface area contributed by atoms with Crippen molar-refractivity contribution in [2.75, 3.05) is 37.7 Å². The first-order chi connectivity index (χ1) is 17.9. The van der Waals surface area contributed by atoms with Gasteiger partial charge in [-0.05, 0) is 49.7 Å². The van der Waals surface area contributed by atoms with Crippen LogP contribution in [0.15, 0.2) is 46.0 Å². The molecule has 6 rings (SSSR count). The van der Waals surface area contributed by atoms with Crippen molar-refractivity contribution >= 4 is 46.9 Å². The Kier molecular flexibility index (Phi) is 6.92. The molecule has 0 N–H and O–H groups in total. The van der Waals surface area contributed by atoms with E-state index in [1.54, 1.807) is 6.34 Å². The van der Waals surface area contributed by atoms with Gasteiger partial charge in [0.25, 0.3) is 0 Å². The second-order valence-electron chi connectivity index (χ2n) is 10.9. The van der Waals surface area contributed by atoms with Crippen molar-refractivity contribution in [2.24, 2.45) is 10.4 Å². The number of aliphatic imine (C=N–C) groups is 1. The lowest BCUT2D eigenvalue weighted by molar-refractivity contribution is 0.0919. The summed E-state index contributed by atoms with van der Waals surface area (Å²) in [5, 5.41) is 1.34. The molecule has 0 bridgehead atoms.